The van der Waals surface area contributed by atoms with Crippen molar-refractivity contribution in [3.63, 3.8) is 0 Å². The van der Waals surface area contributed by atoms with E-state index in [-0.39, 0.29) is 12.4 Å². The zero-order chi connectivity index (χ0) is 23.4. The van der Waals surface area contributed by atoms with Crippen LogP contribution < -0.4 is 0 Å². The summed E-state index contributed by atoms with van der Waals surface area (Å²) >= 11 is 8.77. The van der Waals surface area contributed by atoms with Crippen LogP contribution in [0.4, 0.5) is 4.39 Å². The standard InChI is InChI=1S/C24H23ClFN3O2S2/c1-14(31)24-29-20(8-9-30)23(33-24)21-13-32-22(28-21)11-18-7-3-15(12-27-18)2-4-16-5-6-17(25)10-19(16)26/h3,5-7,10,12-14,30-31H,2,4,8-9,11H2,1H3. The van der Waals surface area contributed by atoms with Crippen LogP contribution in [0.2, 0.25) is 5.02 Å². The molecule has 1 unspecified atom stereocenters. The van der Waals surface area contributed by atoms with Crippen LogP contribution in [0.25, 0.3) is 10.6 Å². The summed E-state index contributed by atoms with van der Waals surface area (Å²) in [5, 5.41) is 23.1. The van der Waals surface area contributed by atoms with Gasteiger partial charge >= 0.3 is 0 Å². The number of nitrogens with zero attached hydrogens (tertiary/aromatic N) is 3. The molecule has 0 aliphatic carbocycles. The number of aliphatic hydroxyl groups excluding tert-OH is 2. The molecule has 0 saturated heterocycles. The zero-order valence-corrected chi connectivity index (χ0v) is 20.4. The van der Waals surface area contributed by atoms with Gasteiger partial charge in [-0.25, -0.2) is 14.4 Å². The Morgan fingerprint density at radius 1 is 1.12 bits per heavy atom. The van der Waals surface area contributed by atoms with Gasteiger partial charge in [-0.15, -0.1) is 22.7 Å². The van der Waals surface area contributed by atoms with Crippen molar-refractivity contribution in [1.29, 1.82) is 0 Å². The molecular weight excluding hydrogens is 481 g/mol. The fraction of sp³-hybridized carbons (Fsp3) is 0.292. The molecule has 172 valence electrons. The molecule has 3 aromatic heterocycles. The van der Waals surface area contributed by atoms with Gasteiger partial charge < -0.3 is 10.2 Å². The van der Waals surface area contributed by atoms with Crippen molar-refractivity contribution in [1.82, 2.24) is 15.0 Å². The largest absolute Gasteiger partial charge is 0.396 e. The van der Waals surface area contributed by atoms with Gasteiger partial charge in [0.2, 0.25) is 0 Å². The van der Waals surface area contributed by atoms with Gasteiger partial charge in [-0.05, 0) is 49.1 Å². The van der Waals surface area contributed by atoms with E-state index in [2.05, 4.69) is 9.97 Å². The highest BCUT2D eigenvalue weighted by atomic mass is 35.5. The molecule has 1 aromatic carbocycles. The summed E-state index contributed by atoms with van der Waals surface area (Å²) in [7, 11) is 0. The van der Waals surface area contributed by atoms with Gasteiger partial charge in [-0.1, -0.05) is 23.7 Å². The minimum absolute atomic E-state index is 0.00605. The molecule has 0 aliphatic heterocycles. The fourth-order valence-corrected chi connectivity index (χ4v) is 5.43. The van der Waals surface area contributed by atoms with E-state index in [4.69, 9.17) is 16.6 Å². The van der Waals surface area contributed by atoms with E-state index in [1.165, 1.54) is 17.4 Å². The minimum atomic E-state index is -0.654. The first kappa shape index (κ1) is 23.9. The fourth-order valence-electron chi connectivity index (χ4n) is 3.39. The highest BCUT2D eigenvalue weighted by Crippen LogP contribution is 2.34. The molecule has 9 heteroatoms. The predicted octanol–water partition coefficient (Wildman–Crippen LogP) is 5.42. The van der Waals surface area contributed by atoms with Crippen molar-refractivity contribution < 1.29 is 14.6 Å². The van der Waals surface area contributed by atoms with E-state index < -0.39 is 6.10 Å². The molecule has 33 heavy (non-hydrogen) atoms. The van der Waals surface area contributed by atoms with Gasteiger partial charge in [0.05, 0.1) is 21.3 Å². The Morgan fingerprint density at radius 2 is 1.97 bits per heavy atom. The quantitative estimate of drug-likeness (QED) is 0.319. The number of aryl methyl sites for hydroxylation is 2. The summed E-state index contributed by atoms with van der Waals surface area (Å²) in [6, 6.07) is 8.75. The summed E-state index contributed by atoms with van der Waals surface area (Å²) in [5.74, 6) is -0.282. The van der Waals surface area contributed by atoms with Crippen LogP contribution in [0.1, 0.15) is 45.6 Å². The molecule has 4 aromatic rings. The zero-order valence-electron chi connectivity index (χ0n) is 18.0. The molecule has 0 radical (unpaired) electrons. The number of hydrogen-bond acceptors (Lipinski definition) is 7. The molecular formula is C24H23ClFN3O2S2. The van der Waals surface area contributed by atoms with E-state index in [1.54, 1.807) is 30.4 Å². The van der Waals surface area contributed by atoms with Crippen LogP contribution in [0.3, 0.4) is 0 Å². The van der Waals surface area contributed by atoms with Crippen LogP contribution >= 0.6 is 34.3 Å². The second-order valence-corrected chi connectivity index (χ2v) is 10.1. The number of hydrogen-bond donors (Lipinski definition) is 2. The smallest absolute Gasteiger partial charge is 0.127 e. The van der Waals surface area contributed by atoms with Gasteiger partial charge in [0, 0.05) is 41.7 Å². The molecule has 0 saturated carbocycles. The maximum atomic E-state index is 14.0. The second kappa shape index (κ2) is 10.8. The van der Waals surface area contributed by atoms with Crippen LogP contribution in [0.15, 0.2) is 41.9 Å². The van der Waals surface area contributed by atoms with E-state index in [1.807, 2.05) is 23.7 Å². The Bertz CT molecular complexity index is 1220. The Kier molecular flexibility index (Phi) is 7.82. The molecule has 0 spiro atoms. The lowest BCUT2D eigenvalue weighted by molar-refractivity contribution is 0.198. The van der Waals surface area contributed by atoms with E-state index in [9.17, 15) is 14.6 Å². The normalized spacial score (nSPS) is 12.3. The first-order valence-corrected chi connectivity index (χ1v) is 12.6. The lowest BCUT2D eigenvalue weighted by Crippen LogP contribution is -1.98. The SMILES string of the molecule is CC(O)c1nc(CCO)c(-c2csc(Cc3ccc(CCc4ccc(Cl)cc4F)cn3)n2)s1. The number of aliphatic hydroxyl groups is 2. The van der Waals surface area contributed by atoms with Crippen molar-refractivity contribution in [3.05, 3.63) is 85.3 Å². The summed E-state index contributed by atoms with van der Waals surface area (Å²) in [4.78, 5) is 14.6. The van der Waals surface area contributed by atoms with E-state index in [0.29, 0.717) is 41.3 Å². The van der Waals surface area contributed by atoms with Crippen molar-refractivity contribution >= 4 is 34.3 Å². The molecule has 1 atom stereocenters. The van der Waals surface area contributed by atoms with Crippen LogP contribution in [-0.2, 0) is 25.7 Å². The van der Waals surface area contributed by atoms with Crippen LogP contribution in [-0.4, -0.2) is 31.8 Å². The molecule has 0 bridgehead atoms. The number of rotatable bonds is 9. The maximum Gasteiger partial charge on any atom is 0.127 e. The Labute approximate surface area is 204 Å². The molecule has 2 N–H and O–H groups in total. The molecule has 5 nitrogen and oxygen atoms in total. The van der Waals surface area contributed by atoms with Gasteiger partial charge in [-0.3, -0.25) is 4.98 Å². The topological polar surface area (TPSA) is 79.1 Å². The van der Waals surface area contributed by atoms with Gasteiger partial charge in [0.1, 0.15) is 16.9 Å². The number of halogens is 2. The summed E-state index contributed by atoms with van der Waals surface area (Å²) in [5.41, 5.74) is 4.15. The molecule has 0 amide bonds. The van der Waals surface area contributed by atoms with Crippen molar-refractivity contribution in [2.75, 3.05) is 6.61 Å². The summed E-state index contributed by atoms with van der Waals surface area (Å²) in [6.07, 6.45) is 3.48. The first-order valence-electron chi connectivity index (χ1n) is 10.5. The number of thiazole rings is 2. The Balaban J connectivity index is 1.41. The molecule has 4 rings (SSSR count). The first-order chi connectivity index (χ1) is 15.9. The highest BCUT2D eigenvalue weighted by molar-refractivity contribution is 7.16. The molecule has 0 fully saturated rings. The second-order valence-electron chi connectivity index (χ2n) is 7.67. The Morgan fingerprint density at radius 3 is 2.67 bits per heavy atom. The third-order valence-corrected chi connectivity index (χ3v) is 7.50. The maximum absolute atomic E-state index is 14.0. The average Bonchev–Trinajstić information content (AvgIpc) is 3.42. The van der Waals surface area contributed by atoms with E-state index in [0.717, 1.165) is 32.5 Å². The minimum Gasteiger partial charge on any atom is -0.396 e. The lowest BCUT2D eigenvalue weighted by atomic mass is 10.0. The lowest BCUT2D eigenvalue weighted by Gasteiger charge is -2.05. The Hall–Kier alpha value is -2.23. The monoisotopic (exact) mass is 503 g/mol. The van der Waals surface area contributed by atoms with Crippen molar-refractivity contribution in [3.8, 4) is 10.6 Å². The van der Waals surface area contributed by atoms with Crippen molar-refractivity contribution in [2.45, 2.75) is 38.7 Å². The highest BCUT2D eigenvalue weighted by Gasteiger charge is 2.18. The third kappa shape index (κ3) is 6.02. The number of pyridine rings is 1. The van der Waals surface area contributed by atoms with Gasteiger partial charge in [0.25, 0.3) is 0 Å². The van der Waals surface area contributed by atoms with Gasteiger partial charge in [-0.2, -0.15) is 0 Å². The number of aromatic nitrogens is 3. The van der Waals surface area contributed by atoms with Gasteiger partial charge in [0.15, 0.2) is 0 Å². The van der Waals surface area contributed by atoms with Crippen LogP contribution in [0, 0.1) is 5.82 Å². The summed E-state index contributed by atoms with van der Waals surface area (Å²) in [6.45, 7) is 1.67. The van der Waals surface area contributed by atoms with Crippen LogP contribution in [0.5, 0.6) is 0 Å². The molecule has 0 aliphatic rings. The molecule has 3 heterocycles. The summed E-state index contributed by atoms with van der Waals surface area (Å²) < 4.78 is 14.0. The average molecular weight is 504 g/mol. The predicted molar refractivity (Wildman–Crippen MR) is 131 cm³/mol. The van der Waals surface area contributed by atoms with Crippen molar-refractivity contribution in [2.24, 2.45) is 0 Å². The van der Waals surface area contributed by atoms with E-state index >= 15 is 0 Å². The third-order valence-electron chi connectivity index (χ3n) is 5.12. The number of benzene rings is 1.